The molecule has 10 heteroatoms. The van der Waals surface area contributed by atoms with Crippen LogP contribution in [0, 0.1) is 27.6 Å². The summed E-state index contributed by atoms with van der Waals surface area (Å²) in [4.78, 5) is 8.30. The average Bonchev–Trinajstić information content (AvgIpc) is 2.37. The van der Waals surface area contributed by atoms with Crippen molar-refractivity contribution >= 4 is 15.8 Å². The zero-order valence-corrected chi connectivity index (χ0v) is 11.3. The lowest BCUT2D eigenvalue weighted by atomic mass is 10.3. The number of rotatable bonds is 4. The number of hydrogen-bond acceptors (Lipinski definition) is 5. The van der Waals surface area contributed by atoms with Gasteiger partial charge in [0.25, 0.3) is 0 Å². The molecule has 116 valence electrons. The number of hydrogen-bond donors (Lipinski definition) is 0. The third kappa shape index (κ3) is 3.01. The van der Waals surface area contributed by atoms with Gasteiger partial charge in [-0.05, 0) is 18.2 Å². The average molecular weight is 333 g/mol. The molecule has 0 saturated carbocycles. The summed E-state index contributed by atoms with van der Waals surface area (Å²) >= 11 is 0. The van der Waals surface area contributed by atoms with Crippen LogP contribution in [0.5, 0.6) is 5.75 Å². The highest BCUT2D eigenvalue weighted by atomic mass is 32.2. The van der Waals surface area contributed by atoms with Crippen molar-refractivity contribution in [3.05, 3.63) is 64.0 Å². The summed E-state index contributed by atoms with van der Waals surface area (Å²) in [6.45, 7) is 0. The van der Waals surface area contributed by atoms with E-state index in [1.54, 1.807) is 0 Å². The molecule has 0 aliphatic rings. The standard InChI is InChI=1S/C12H6F3NO5S/c13-7-4-5-10(16(17)18)11(6-7)21-22(19,20)12-8(14)2-1-3-9(12)15/h1-6H. The zero-order chi connectivity index (χ0) is 16.5. The maximum absolute atomic E-state index is 13.5. The highest BCUT2D eigenvalue weighted by Gasteiger charge is 2.29. The van der Waals surface area contributed by atoms with Crippen LogP contribution in [0.2, 0.25) is 0 Å². The van der Waals surface area contributed by atoms with Crippen molar-refractivity contribution < 1.29 is 30.7 Å². The van der Waals surface area contributed by atoms with Gasteiger partial charge in [-0.2, -0.15) is 8.42 Å². The zero-order valence-electron chi connectivity index (χ0n) is 10.5. The van der Waals surface area contributed by atoms with Crippen LogP contribution in [0.3, 0.4) is 0 Å². The topological polar surface area (TPSA) is 86.5 Å². The van der Waals surface area contributed by atoms with Crippen molar-refractivity contribution in [2.75, 3.05) is 0 Å². The second-order valence-electron chi connectivity index (χ2n) is 3.96. The summed E-state index contributed by atoms with van der Waals surface area (Å²) in [5.74, 6) is -4.91. The molecule has 2 rings (SSSR count). The van der Waals surface area contributed by atoms with Gasteiger partial charge >= 0.3 is 15.8 Å². The van der Waals surface area contributed by atoms with Crippen molar-refractivity contribution in [2.45, 2.75) is 4.90 Å². The van der Waals surface area contributed by atoms with E-state index in [1.807, 2.05) is 0 Å². The minimum atomic E-state index is -5.07. The van der Waals surface area contributed by atoms with E-state index < -0.39 is 48.8 Å². The fraction of sp³-hybridized carbons (Fsp3) is 0. The van der Waals surface area contributed by atoms with E-state index >= 15 is 0 Å². The minimum absolute atomic E-state index is 0.425. The monoisotopic (exact) mass is 333 g/mol. The number of nitrogens with zero attached hydrogens (tertiary/aromatic N) is 1. The number of benzene rings is 2. The first kappa shape index (κ1) is 15.8. The molecule has 0 unspecified atom stereocenters. The Morgan fingerprint density at radius 1 is 1.05 bits per heavy atom. The van der Waals surface area contributed by atoms with Crippen LogP contribution in [0.4, 0.5) is 18.9 Å². The summed E-state index contributed by atoms with van der Waals surface area (Å²) in [7, 11) is -5.07. The number of halogens is 3. The van der Waals surface area contributed by atoms with Gasteiger partial charge in [-0.3, -0.25) is 10.1 Å². The molecule has 2 aromatic carbocycles. The highest BCUT2D eigenvalue weighted by Crippen LogP contribution is 2.31. The summed E-state index contributed by atoms with van der Waals surface area (Å²) < 4.78 is 68.2. The van der Waals surface area contributed by atoms with Crippen LogP contribution in [0.25, 0.3) is 0 Å². The Kier molecular flexibility index (Phi) is 4.04. The number of nitro benzene ring substituents is 1. The second kappa shape index (κ2) is 5.64. The molecular weight excluding hydrogens is 327 g/mol. The van der Waals surface area contributed by atoms with E-state index in [1.165, 1.54) is 0 Å². The molecule has 0 spiro atoms. The summed E-state index contributed by atoms with van der Waals surface area (Å²) in [6.07, 6.45) is 0. The van der Waals surface area contributed by atoms with Crippen molar-refractivity contribution in [3.63, 3.8) is 0 Å². The van der Waals surface area contributed by atoms with Crippen LogP contribution in [-0.4, -0.2) is 13.3 Å². The maximum Gasteiger partial charge on any atom is 0.345 e. The fourth-order valence-corrected chi connectivity index (χ4v) is 2.65. The summed E-state index contributed by atoms with van der Waals surface area (Å²) in [5, 5.41) is 10.7. The smallest absolute Gasteiger partial charge is 0.345 e. The first-order chi connectivity index (χ1) is 10.2. The second-order valence-corrected chi connectivity index (χ2v) is 5.44. The molecular formula is C12H6F3NO5S. The Morgan fingerprint density at radius 3 is 2.18 bits per heavy atom. The normalized spacial score (nSPS) is 11.2. The van der Waals surface area contributed by atoms with Gasteiger partial charge in [0.15, 0.2) is 4.90 Å². The van der Waals surface area contributed by atoms with Crippen LogP contribution in [0.15, 0.2) is 41.3 Å². The Balaban J connectivity index is 2.55. The molecule has 0 atom stereocenters. The first-order valence-corrected chi connectivity index (χ1v) is 6.95. The molecule has 2 aromatic rings. The van der Waals surface area contributed by atoms with Crippen molar-refractivity contribution in [2.24, 2.45) is 0 Å². The first-order valence-electron chi connectivity index (χ1n) is 5.55. The lowest BCUT2D eigenvalue weighted by molar-refractivity contribution is -0.385. The lowest BCUT2D eigenvalue weighted by Crippen LogP contribution is -2.14. The molecule has 0 heterocycles. The molecule has 0 bridgehead atoms. The van der Waals surface area contributed by atoms with E-state index in [0.29, 0.717) is 30.3 Å². The molecule has 0 aromatic heterocycles. The van der Waals surface area contributed by atoms with Crippen molar-refractivity contribution in [1.82, 2.24) is 0 Å². The predicted molar refractivity (Wildman–Crippen MR) is 67.2 cm³/mol. The highest BCUT2D eigenvalue weighted by molar-refractivity contribution is 7.87. The van der Waals surface area contributed by atoms with Gasteiger partial charge in [0.05, 0.1) is 4.92 Å². The molecule has 22 heavy (non-hydrogen) atoms. The lowest BCUT2D eigenvalue weighted by Gasteiger charge is -2.09. The van der Waals surface area contributed by atoms with E-state index in [2.05, 4.69) is 4.18 Å². The quantitative estimate of drug-likeness (QED) is 0.488. The Morgan fingerprint density at radius 2 is 1.64 bits per heavy atom. The SMILES string of the molecule is O=[N+]([O-])c1ccc(F)cc1OS(=O)(=O)c1c(F)cccc1F. The fourth-order valence-electron chi connectivity index (χ4n) is 1.59. The van der Waals surface area contributed by atoms with Crippen molar-refractivity contribution in [3.8, 4) is 5.75 Å². The molecule has 0 N–H and O–H groups in total. The van der Waals surface area contributed by atoms with Gasteiger partial charge in [-0.15, -0.1) is 0 Å². The Bertz CT molecular complexity index is 834. The van der Waals surface area contributed by atoms with Crippen LogP contribution in [-0.2, 0) is 10.1 Å². The van der Waals surface area contributed by atoms with E-state index in [0.717, 1.165) is 6.07 Å². The molecule has 0 aliphatic carbocycles. The Labute approximate surface area is 122 Å². The minimum Gasteiger partial charge on any atom is -0.371 e. The largest absolute Gasteiger partial charge is 0.371 e. The predicted octanol–water partition coefficient (Wildman–Crippen LogP) is 2.78. The van der Waals surface area contributed by atoms with E-state index in [4.69, 9.17) is 0 Å². The van der Waals surface area contributed by atoms with E-state index in [-0.39, 0.29) is 0 Å². The third-order valence-corrected chi connectivity index (χ3v) is 3.78. The summed E-state index contributed by atoms with van der Waals surface area (Å²) in [5.41, 5.74) is -0.873. The number of nitro groups is 1. The van der Waals surface area contributed by atoms with E-state index in [9.17, 15) is 31.7 Å². The van der Waals surface area contributed by atoms with Gasteiger partial charge in [-0.1, -0.05) is 6.07 Å². The molecule has 6 nitrogen and oxygen atoms in total. The molecule has 0 aliphatic heterocycles. The van der Waals surface area contributed by atoms with Gasteiger partial charge < -0.3 is 4.18 Å². The molecule has 0 fully saturated rings. The maximum atomic E-state index is 13.5. The molecule has 0 radical (unpaired) electrons. The third-order valence-electron chi connectivity index (χ3n) is 2.49. The van der Waals surface area contributed by atoms with Gasteiger partial charge in [0, 0.05) is 12.1 Å². The van der Waals surface area contributed by atoms with Gasteiger partial charge in [-0.25, -0.2) is 13.2 Å². The van der Waals surface area contributed by atoms with Crippen LogP contribution in [0.1, 0.15) is 0 Å². The molecule has 0 saturated heterocycles. The van der Waals surface area contributed by atoms with Gasteiger partial charge in [0.1, 0.15) is 17.5 Å². The molecule has 0 amide bonds. The van der Waals surface area contributed by atoms with Crippen LogP contribution < -0.4 is 4.18 Å². The van der Waals surface area contributed by atoms with Gasteiger partial charge in [0.2, 0.25) is 5.75 Å². The Hall–Kier alpha value is -2.62. The van der Waals surface area contributed by atoms with Crippen molar-refractivity contribution in [1.29, 1.82) is 0 Å². The summed E-state index contributed by atoms with van der Waals surface area (Å²) in [6, 6.07) is 4.06. The van der Waals surface area contributed by atoms with Crippen LogP contribution >= 0.6 is 0 Å².